The van der Waals surface area contributed by atoms with Gasteiger partial charge in [0.25, 0.3) is 0 Å². The Bertz CT molecular complexity index is 406. The number of allylic oxidation sites excluding steroid dienone is 5. The van der Waals surface area contributed by atoms with E-state index in [1.807, 2.05) is 32.9 Å². The van der Waals surface area contributed by atoms with Crippen LogP contribution >= 0.6 is 0 Å². The van der Waals surface area contributed by atoms with Gasteiger partial charge in [0.05, 0.1) is 6.61 Å². The molecular weight excluding hydrogens is 298 g/mol. The van der Waals surface area contributed by atoms with E-state index >= 15 is 0 Å². The molecule has 0 aliphatic carbocycles. The Morgan fingerprint density at radius 1 is 1.17 bits per heavy atom. The van der Waals surface area contributed by atoms with E-state index in [1.54, 1.807) is 0 Å². The number of hydrogen-bond acceptors (Lipinski definition) is 3. The average Bonchev–Trinajstić information content (AvgIpc) is 2.53. The summed E-state index contributed by atoms with van der Waals surface area (Å²) in [6.07, 6.45) is 8.64. The minimum Gasteiger partial charge on any atom is -0.395 e. The van der Waals surface area contributed by atoms with Crippen molar-refractivity contribution in [2.45, 2.75) is 73.6 Å². The number of aliphatic hydroxyl groups excluding tert-OH is 1. The monoisotopic (exact) mass is 337 g/mol. The molecular formula is C21H39NO2. The van der Waals surface area contributed by atoms with E-state index in [9.17, 15) is 4.79 Å². The quantitative estimate of drug-likeness (QED) is 0.511. The van der Waals surface area contributed by atoms with E-state index in [1.165, 1.54) is 5.57 Å². The zero-order valence-electron chi connectivity index (χ0n) is 16.7. The van der Waals surface area contributed by atoms with Gasteiger partial charge in [-0.25, -0.2) is 0 Å². The molecule has 0 heterocycles. The number of ketones is 1. The molecule has 0 aliphatic heterocycles. The van der Waals surface area contributed by atoms with Crippen LogP contribution in [0, 0.1) is 5.92 Å². The first-order valence-electron chi connectivity index (χ1n) is 9.18. The van der Waals surface area contributed by atoms with Gasteiger partial charge in [0.2, 0.25) is 0 Å². The second-order valence-electron chi connectivity index (χ2n) is 6.55. The molecule has 0 amide bonds. The van der Waals surface area contributed by atoms with Crippen LogP contribution in [0.3, 0.4) is 0 Å². The number of Topliss-reactive ketones (excluding diaryl/α,β-unsaturated/α-hetero) is 1. The minimum atomic E-state index is 0.167. The van der Waals surface area contributed by atoms with Crippen molar-refractivity contribution in [3.63, 3.8) is 0 Å². The van der Waals surface area contributed by atoms with Crippen molar-refractivity contribution < 1.29 is 9.90 Å². The fourth-order valence-corrected chi connectivity index (χ4v) is 1.74. The highest BCUT2D eigenvalue weighted by Crippen LogP contribution is 2.07. The number of carbonyl (C=O) groups excluding carboxylic acids is 1. The van der Waals surface area contributed by atoms with E-state index < -0.39 is 0 Å². The molecule has 140 valence electrons. The molecule has 0 unspecified atom stereocenters. The Balaban J connectivity index is 0. The fraction of sp³-hybridized carbons (Fsp3) is 0.667. The Hall–Kier alpha value is -1.35. The molecule has 0 saturated heterocycles. The number of aliphatic hydroxyl groups is 1. The van der Waals surface area contributed by atoms with E-state index in [0.717, 1.165) is 43.4 Å². The minimum absolute atomic E-state index is 0.167. The summed E-state index contributed by atoms with van der Waals surface area (Å²) >= 11 is 0. The first kappa shape index (κ1) is 24.9. The highest BCUT2D eigenvalue weighted by atomic mass is 16.3. The largest absolute Gasteiger partial charge is 0.395 e. The van der Waals surface area contributed by atoms with Gasteiger partial charge in [-0.05, 0) is 50.7 Å². The molecule has 0 radical (unpaired) electrons. The lowest BCUT2D eigenvalue weighted by Crippen LogP contribution is -2.16. The van der Waals surface area contributed by atoms with Crippen molar-refractivity contribution >= 4 is 5.78 Å². The summed E-state index contributed by atoms with van der Waals surface area (Å²) in [6.45, 7) is 17.1. The Morgan fingerprint density at radius 2 is 1.79 bits per heavy atom. The maximum absolute atomic E-state index is 10.9. The predicted molar refractivity (Wildman–Crippen MR) is 106 cm³/mol. The molecule has 0 fully saturated rings. The van der Waals surface area contributed by atoms with Crippen molar-refractivity contribution in [3.05, 3.63) is 35.6 Å². The first-order valence-corrected chi connectivity index (χ1v) is 9.18. The highest BCUT2D eigenvalue weighted by Gasteiger charge is 2.01. The molecule has 2 N–H and O–H groups in total. The van der Waals surface area contributed by atoms with Crippen LogP contribution in [0.1, 0.15) is 73.6 Å². The van der Waals surface area contributed by atoms with Gasteiger partial charge in [-0.15, -0.1) is 0 Å². The third-order valence-electron chi connectivity index (χ3n) is 3.58. The van der Waals surface area contributed by atoms with Gasteiger partial charge in [-0.2, -0.15) is 0 Å². The standard InChI is InChI=1S/C12H21NO.C9H18O/c1-5-12(13-8-9-14)7-6-11(4)10(2)3;1-4-5-9(10)7-6-8(2)3/h6-7,13-14H,2,5,8-9H2,1,3-4H3;8H,4-7H2,1-3H3/b11-6-,12-7+;. The second-order valence-corrected chi connectivity index (χ2v) is 6.55. The molecule has 0 saturated carbocycles. The average molecular weight is 338 g/mol. The van der Waals surface area contributed by atoms with Crippen molar-refractivity contribution in [1.82, 2.24) is 5.32 Å². The van der Waals surface area contributed by atoms with Crippen molar-refractivity contribution in [2.75, 3.05) is 13.2 Å². The van der Waals surface area contributed by atoms with Gasteiger partial charge in [0.15, 0.2) is 0 Å². The highest BCUT2D eigenvalue weighted by molar-refractivity contribution is 5.78. The van der Waals surface area contributed by atoms with E-state index in [0.29, 0.717) is 18.2 Å². The first-order chi connectivity index (χ1) is 11.3. The summed E-state index contributed by atoms with van der Waals surface area (Å²) in [4.78, 5) is 10.9. The summed E-state index contributed by atoms with van der Waals surface area (Å²) in [6, 6.07) is 0. The van der Waals surface area contributed by atoms with Crippen LogP contribution in [0.25, 0.3) is 0 Å². The van der Waals surface area contributed by atoms with Crippen LogP contribution in [0.4, 0.5) is 0 Å². The van der Waals surface area contributed by atoms with Gasteiger partial charge < -0.3 is 10.4 Å². The van der Waals surface area contributed by atoms with E-state index in [2.05, 4.69) is 32.7 Å². The number of rotatable bonds is 11. The normalized spacial score (nSPS) is 11.8. The van der Waals surface area contributed by atoms with Crippen LogP contribution in [0.15, 0.2) is 35.6 Å². The molecule has 0 aromatic carbocycles. The Morgan fingerprint density at radius 3 is 2.21 bits per heavy atom. The zero-order chi connectivity index (χ0) is 19.0. The number of nitrogens with one attached hydrogen (secondary N) is 1. The Labute approximate surface area is 149 Å². The summed E-state index contributed by atoms with van der Waals surface area (Å²) < 4.78 is 0. The van der Waals surface area contributed by atoms with Crippen LogP contribution < -0.4 is 5.32 Å². The van der Waals surface area contributed by atoms with Crippen LogP contribution in [-0.2, 0) is 4.79 Å². The number of hydrogen-bond donors (Lipinski definition) is 2. The molecule has 0 atom stereocenters. The molecule has 3 heteroatoms. The topological polar surface area (TPSA) is 49.3 Å². The fourth-order valence-electron chi connectivity index (χ4n) is 1.74. The molecule has 0 spiro atoms. The lowest BCUT2D eigenvalue weighted by atomic mass is 10.0. The van der Waals surface area contributed by atoms with Gasteiger partial charge in [0, 0.05) is 25.1 Å². The third kappa shape index (κ3) is 17.0. The lowest BCUT2D eigenvalue weighted by molar-refractivity contribution is -0.119. The van der Waals surface area contributed by atoms with Crippen LogP contribution in [0.2, 0.25) is 0 Å². The lowest BCUT2D eigenvalue weighted by Gasteiger charge is -2.06. The second kappa shape index (κ2) is 16.5. The van der Waals surface area contributed by atoms with E-state index in [4.69, 9.17) is 5.11 Å². The molecule has 0 rings (SSSR count). The Kier molecular flexibility index (Phi) is 17.1. The molecule has 0 aliphatic rings. The SMILES string of the molecule is C=C(C)/C(C)=C\C=C(/CC)NCCO.CCCC(=O)CCC(C)C. The van der Waals surface area contributed by atoms with Gasteiger partial charge in [-0.1, -0.05) is 45.9 Å². The molecule has 24 heavy (non-hydrogen) atoms. The van der Waals surface area contributed by atoms with Crippen LogP contribution in [-0.4, -0.2) is 24.0 Å². The predicted octanol–water partition coefficient (Wildman–Crippen LogP) is 5.18. The summed E-state index contributed by atoms with van der Waals surface area (Å²) in [5, 5.41) is 11.8. The van der Waals surface area contributed by atoms with Gasteiger partial charge >= 0.3 is 0 Å². The van der Waals surface area contributed by atoms with Gasteiger partial charge in [0.1, 0.15) is 5.78 Å². The summed E-state index contributed by atoms with van der Waals surface area (Å²) in [5.41, 5.74) is 3.40. The zero-order valence-corrected chi connectivity index (χ0v) is 16.7. The van der Waals surface area contributed by atoms with E-state index in [-0.39, 0.29) is 6.61 Å². The van der Waals surface area contributed by atoms with Crippen LogP contribution in [0.5, 0.6) is 0 Å². The molecule has 0 aromatic heterocycles. The van der Waals surface area contributed by atoms with Crippen molar-refractivity contribution in [1.29, 1.82) is 0 Å². The van der Waals surface area contributed by atoms with Crippen molar-refractivity contribution in [2.24, 2.45) is 5.92 Å². The third-order valence-corrected chi connectivity index (χ3v) is 3.58. The molecule has 3 nitrogen and oxygen atoms in total. The maximum atomic E-state index is 10.9. The maximum Gasteiger partial charge on any atom is 0.132 e. The summed E-state index contributed by atoms with van der Waals surface area (Å²) in [5.74, 6) is 1.09. The number of carbonyl (C=O) groups is 1. The van der Waals surface area contributed by atoms with Gasteiger partial charge in [-0.3, -0.25) is 4.79 Å². The van der Waals surface area contributed by atoms with Crippen molar-refractivity contribution in [3.8, 4) is 0 Å². The molecule has 0 bridgehead atoms. The smallest absolute Gasteiger partial charge is 0.132 e. The molecule has 0 aromatic rings. The summed E-state index contributed by atoms with van der Waals surface area (Å²) in [7, 11) is 0.